The Kier molecular flexibility index (Phi) is 6.55. The van der Waals surface area contributed by atoms with Crippen LogP contribution in [0.3, 0.4) is 0 Å². The van der Waals surface area contributed by atoms with Crippen LogP contribution in [0.1, 0.15) is 44.2 Å². The topological polar surface area (TPSA) is 103 Å². The Bertz CT molecular complexity index is 878. The number of aliphatic hydroxyl groups excluding tert-OH is 1. The van der Waals surface area contributed by atoms with Crippen LogP contribution in [0.5, 0.6) is 5.75 Å². The van der Waals surface area contributed by atoms with E-state index in [2.05, 4.69) is 46.6 Å². The van der Waals surface area contributed by atoms with E-state index >= 15 is 0 Å². The summed E-state index contributed by atoms with van der Waals surface area (Å²) in [5.74, 6) is 1.87. The predicted molar refractivity (Wildman–Crippen MR) is 113 cm³/mol. The summed E-state index contributed by atoms with van der Waals surface area (Å²) in [5, 5.41) is 26.2. The molecule has 1 aromatic heterocycles. The van der Waals surface area contributed by atoms with Gasteiger partial charge in [0.1, 0.15) is 23.2 Å². The van der Waals surface area contributed by atoms with E-state index in [-0.39, 0.29) is 17.6 Å². The Balaban J connectivity index is 1.63. The number of hydrogen-bond donors (Lipinski definition) is 3. The van der Waals surface area contributed by atoms with Crippen molar-refractivity contribution in [3.05, 3.63) is 41.6 Å². The van der Waals surface area contributed by atoms with Gasteiger partial charge in [-0.05, 0) is 48.8 Å². The summed E-state index contributed by atoms with van der Waals surface area (Å²) in [7, 11) is 1.66. The van der Waals surface area contributed by atoms with Gasteiger partial charge in [-0.25, -0.2) is 4.98 Å². The standard InChI is InChI=1S/C22H29N5O2/c1-22(2)12-17(7-8-19(22)28)26-20-16(13-23)14-25-21(27-20)24-10-9-15-5-4-6-18(11-15)29-3/h4-6,11,14,17,19,28H,7-10,12H2,1-3H3,(H2,24,25,26,27)/t17-,19+/m1/s1. The Morgan fingerprint density at radius 2 is 2.17 bits per heavy atom. The number of nitrogens with one attached hydrogen (secondary N) is 2. The summed E-state index contributed by atoms with van der Waals surface area (Å²) in [6.45, 7) is 4.81. The number of benzene rings is 1. The molecule has 0 amide bonds. The van der Waals surface area contributed by atoms with Gasteiger partial charge < -0.3 is 20.5 Å². The van der Waals surface area contributed by atoms with Crippen molar-refractivity contribution in [2.45, 2.75) is 51.7 Å². The third-order valence-electron chi connectivity index (χ3n) is 5.54. The maximum absolute atomic E-state index is 10.2. The zero-order chi connectivity index (χ0) is 20.9. The van der Waals surface area contributed by atoms with E-state index in [9.17, 15) is 10.4 Å². The quantitative estimate of drug-likeness (QED) is 0.660. The Labute approximate surface area is 172 Å². The summed E-state index contributed by atoms with van der Waals surface area (Å²) in [6, 6.07) is 10.3. The van der Waals surface area contributed by atoms with E-state index < -0.39 is 0 Å². The van der Waals surface area contributed by atoms with Crippen molar-refractivity contribution in [1.29, 1.82) is 5.26 Å². The number of nitriles is 1. The van der Waals surface area contributed by atoms with Gasteiger partial charge in [-0.1, -0.05) is 26.0 Å². The smallest absolute Gasteiger partial charge is 0.224 e. The molecule has 0 aliphatic heterocycles. The lowest BCUT2D eigenvalue weighted by Crippen LogP contribution is -2.41. The molecule has 2 atom stereocenters. The molecule has 1 saturated carbocycles. The van der Waals surface area contributed by atoms with E-state index in [1.807, 2.05) is 18.2 Å². The Morgan fingerprint density at radius 1 is 1.34 bits per heavy atom. The molecule has 1 aliphatic carbocycles. The first kappa shape index (κ1) is 20.9. The highest BCUT2D eigenvalue weighted by Crippen LogP contribution is 2.36. The van der Waals surface area contributed by atoms with Crippen LogP contribution in [0.25, 0.3) is 0 Å². The number of anilines is 2. The number of nitrogens with zero attached hydrogens (tertiary/aromatic N) is 3. The molecule has 3 N–H and O–H groups in total. The van der Waals surface area contributed by atoms with Gasteiger partial charge >= 0.3 is 0 Å². The molecule has 7 nitrogen and oxygen atoms in total. The van der Waals surface area contributed by atoms with Crippen molar-refractivity contribution in [3.63, 3.8) is 0 Å². The fraction of sp³-hybridized carbons (Fsp3) is 0.500. The summed E-state index contributed by atoms with van der Waals surface area (Å²) in [4.78, 5) is 8.79. The van der Waals surface area contributed by atoms with Crippen molar-refractivity contribution < 1.29 is 9.84 Å². The van der Waals surface area contributed by atoms with E-state index in [4.69, 9.17) is 4.74 Å². The highest BCUT2D eigenvalue weighted by Gasteiger charge is 2.35. The van der Waals surface area contributed by atoms with Crippen molar-refractivity contribution >= 4 is 11.8 Å². The van der Waals surface area contributed by atoms with Crippen LogP contribution in [0.15, 0.2) is 30.5 Å². The van der Waals surface area contributed by atoms with Crippen molar-refractivity contribution in [2.24, 2.45) is 5.41 Å². The van der Waals surface area contributed by atoms with Crippen LogP contribution in [0.4, 0.5) is 11.8 Å². The number of methoxy groups -OCH3 is 1. The molecule has 154 valence electrons. The lowest BCUT2D eigenvalue weighted by atomic mass is 9.73. The number of aliphatic hydroxyl groups is 1. The van der Waals surface area contributed by atoms with E-state index in [0.29, 0.717) is 23.9 Å². The second kappa shape index (κ2) is 9.10. The van der Waals surface area contributed by atoms with Gasteiger partial charge in [-0.15, -0.1) is 0 Å². The Hall–Kier alpha value is -2.85. The molecule has 29 heavy (non-hydrogen) atoms. The zero-order valence-corrected chi connectivity index (χ0v) is 17.3. The molecule has 1 aliphatic rings. The van der Waals surface area contributed by atoms with Crippen molar-refractivity contribution in [3.8, 4) is 11.8 Å². The monoisotopic (exact) mass is 395 g/mol. The fourth-order valence-electron chi connectivity index (χ4n) is 3.74. The molecule has 1 heterocycles. The first-order chi connectivity index (χ1) is 13.9. The average Bonchev–Trinajstić information content (AvgIpc) is 2.71. The van der Waals surface area contributed by atoms with Gasteiger partial charge in [-0.3, -0.25) is 0 Å². The summed E-state index contributed by atoms with van der Waals surface area (Å²) >= 11 is 0. The van der Waals surface area contributed by atoms with Crippen LogP contribution in [-0.4, -0.2) is 40.9 Å². The van der Waals surface area contributed by atoms with Gasteiger partial charge in [0.2, 0.25) is 5.95 Å². The molecular formula is C22H29N5O2. The third-order valence-corrected chi connectivity index (χ3v) is 5.54. The molecule has 1 fully saturated rings. The lowest BCUT2D eigenvalue weighted by molar-refractivity contribution is 0.00926. The van der Waals surface area contributed by atoms with Crippen molar-refractivity contribution in [1.82, 2.24) is 9.97 Å². The van der Waals surface area contributed by atoms with Crippen LogP contribution >= 0.6 is 0 Å². The van der Waals surface area contributed by atoms with E-state index in [1.54, 1.807) is 13.3 Å². The fourth-order valence-corrected chi connectivity index (χ4v) is 3.74. The van der Waals surface area contributed by atoms with Crippen LogP contribution in [0, 0.1) is 16.7 Å². The second-order valence-electron chi connectivity index (χ2n) is 8.22. The molecule has 2 aromatic rings. The molecule has 1 aromatic carbocycles. The molecule has 0 radical (unpaired) electrons. The molecule has 0 spiro atoms. The van der Waals surface area contributed by atoms with Crippen LogP contribution in [-0.2, 0) is 6.42 Å². The number of hydrogen-bond acceptors (Lipinski definition) is 7. The molecule has 0 bridgehead atoms. The molecule has 7 heteroatoms. The highest BCUT2D eigenvalue weighted by atomic mass is 16.5. The minimum atomic E-state index is -0.296. The Morgan fingerprint density at radius 3 is 2.90 bits per heavy atom. The zero-order valence-electron chi connectivity index (χ0n) is 17.3. The third kappa shape index (κ3) is 5.36. The normalized spacial score (nSPS) is 20.5. The molecule has 3 rings (SSSR count). The van der Waals surface area contributed by atoms with Crippen molar-refractivity contribution in [2.75, 3.05) is 24.3 Å². The van der Waals surface area contributed by atoms with Gasteiger partial charge in [0.15, 0.2) is 0 Å². The first-order valence-electron chi connectivity index (χ1n) is 10.00. The maximum atomic E-state index is 10.2. The van der Waals surface area contributed by atoms with Gasteiger partial charge in [0.05, 0.1) is 19.4 Å². The molecule has 0 saturated heterocycles. The van der Waals surface area contributed by atoms with Crippen LogP contribution in [0.2, 0.25) is 0 Å². The largest absolute Gasteiger partial charge is 0.497 e. The first-order valence-corrected chi connectivity index (χ1v) is 10.00. The van der Waals surface area contributed by atoms with Gasteiger partial charge in [-0.2, -0.15) is 10.2 Å². The second-order valence-corrected chi connectivity index (χ2v) is 8.22. The number of rotatable bonds is 7. The van der Waals surface area contributed by atoms with Gasteiger partial charge in [0.25, 0.3) is 0 Å². The van der Waals surface area contributed by atoms with Crippen LogP contribution < -0.4 is 15.4 Å². The lowest BCUT2D eigenvalue weighted by Gasteiger charge is -2.40. The minimum Gasteiger partial charge on any atom is -0.497 e. The SMILES string of the molecule is COc1cccc(CCNc2ncc(C#N)c(N[C@@H]3CC[C@H](O)C(C)(C)C3)n2)c1. The average molecular weight is 396 g/mol. The molecule has 0 unspecified atom stereocenters. The maximum Gasteiger partial charge on any atom is 0.224 e. The van der Waals surface area contributed by atoms with E-state index in [1.165, 1.54) is 0 Å². The molecular weight excluding hydrogens is 366 g/mol. The van der Waals surface area contributed by atoms with Gasteiger partial charge in [0, 0.05) is 12.6 Å². The summed E-state index contributed by atoms with van der Waals surface area (Å²) < 4.78 is 5.25. The predicted octanol–water partition coefficient (Wildman–Crippen LogP) is 3.36. The number of ether oxygens (including phenoxy) is 1. The summed E-state index contributed by atoms with van der Waals surface area (Å²) in [5.41, 5.74) is 1.42. The summed E-state index contributed by atoms with van der Waals surface area (Å²) in [6.07, 6.45) is 4.46. The highest BCUT2D eigenvalue weighted by molar-refractivity contribution is 5.54. The van der Waals surface area contributed by atoms with E-state index in [0.717, 1.165) is 37.0 Å². The minimum absolute atomic E-state index is 0.159. The number of aromatic nitrogens is 2.